The molecule has 1 fully saturated rings. The van der Waals surface area contributed by atoms with E-state index in [1.165, 1.54) is 6.07 Å². The van der Waals surface area contributed by atoms with Crippen molar-refractivity contribution in [2.45, 2.75) is 39.3 Å². The zero-order valence-corrected chi connectivity index (χ0v) is 21.7. The van der Waals surface area contributed by atoms with Crippen LogP contribution in [0.4, 0.5) is 21.6 Å². The number of piperidine rings is 1. The number of aromatic nitrogens is 2. The monoisotopic (exact) mass is 524 g/mol. The molecule has 2 aliphatic rings. The third kappa shape index (κ3) is 5.47. The first-order valence-corrected chi connectivity index (χ1v) is 12.8. The van der Waals surface area contributed by atoms with E-state index in [-0.39, 0.29) is 29.8 Å². The molecule has 3 aromatic rings. The Morgan fingerprint density at radius 2 is 1.97 bits per heavy atom. The number of fused-ring (bicyclic) bond motifs is 2. The molecule has 10 heteroatoms. The second kappa shape index (κ2) is 10.5. The minimum Gasteiger partial charge on any atom is -0.352 e. The zero-order chi connectivity index (χ0) is 26.1. The van der Waals surface area contributed by atoms with Gasteiger partial charge in [-0.2, -0.15) is 5.10 Å². The molecule has 2 amide bonds. The van der Waals surface area contributed by atoms with E-state index in [0.29, 0.717) is 24.2 Å². The Balaban J connectivity index is 1.30. The number of hydrogen-bond acceptors (Lipinski definition) is 5. The number of hydrogen-bond donors (Lipinski definition) is 2. The van der Waals surface area contributed by atoms with Crippen molar-refractivity contribution in [3.05, 3.63) is 70.7 Å². The van der Waals surface area contributed by atoms with Crippen LogP contribution >= 0.6 is 11.8 Å². The van der Waals surface area contributed by atoms with Crippen molar-refractivity contribution < 1.29 is 14.0 Å². The van der Waals surface area contributed by atoms with Crippen LogP contribution in [0.1, 0.15) is 46.3 Å². The highest BCUT2D eigenvalue weighted by molar-refractivity contribution is 6.13. The molecule has 194 valence electrons. The fraction of sp³-hybridized carbons (Fsp3) is 0.370. The largest absolute Gasteiger partial charge is 0.352 e. The lowest BCUT2D eigenvalue weighted by atomic mass is 9.94. The van der Waals surface area contributed by atoms with Gasteiger partial charge >= 0.3 is 0 Å². The van der Waals surface area contributed by atoms with Gasteiger partial charge in [-0.1, -0.05) is 12.1 Å². The number of rotatable bonds is 5. The van der Waals surface area contributed by atoms with E-state index in [9.17, 15) is 9.59 Å². The quantitative estimate of drug-likeness (QED) is 0.475. The van der Waals surface area contributed by atoms with Gasteiger partial charge in [0.05, 0.1) is 24.1 Å². The second-order valence-corrected chi connectivity index (χ2v) is 10.3. The molecule has 1 aromatic heterocycles. The van der Waals surface area contributed by atoms with Gasteiger partial charge in [0.2, 0.25) is 5.91 Å². The van der Waals surface area contributed by atoms with Gasteiger partial charge in [-0.25, -0.2) is 8.81 Å². The Hall–Kier alpha value is -3.43. The van der Waals surface area contributed by atoms with Crippen molar-refractivity contribution in [3.63, 3.8) is 0 Å². The highest BCUT2D eigenvalue weighted by Crippen LogP contribution is 2.37. The topological polar surface area (TPSA) is 82.5 Å². The molecule has 37 heavy (non-hydrogen) atoms. The first-order chi connectivity index (χ1) is 17.8. The molecule has 0 atom stereocenters. The van der Waals surface area contributed by atoms with Gasteiger partial charge < -0.3 is 15.5 Å². The molecule has 0 saturated carbocycles. The summed E-state index contributed by atoms with van der Waals surface area (Å²) in [5.74, 6) is 0.149. The van der Waals surface area contributed by atoms with Crippen molar-refractivity contribution in [2.75, 3.05) is 23.3 Å². The molecular weight excluding hydrogens is 495 g/mol. The normalized spacial score (nSPS) is 15.9. The lowest BCUT2D eigenvalue weighted by molar-refractivity contribution is -0.122. The van der Waals surface area contributed by atoms with Crippen LogP contribution in [0.15, 0.2) is 42.6 Å². The van der Waals surface area contributed by atoms with Gasteiger partial charge in [0, 0.05) is 49.8 Å². The van der Waals surface area contributed by atoms with Crippen molar-refractivity contribution >= 4 is 40.8 Å². The predicted molar refractivity (Wildman–Crippen MR) is 141 cm³/mol. The second-order valence-electron chi connectivity index (χ2n) is 9.82. The molecule has 1 saturated heterocycles. The van der Waals surface area contributed by atoms with Gasteiger partial charge in [0.1, 0.15) is 11.6 Å². The van der Waals surface area contributed by atoms with E-state index in [1.54, 1.807) is 32.3 Å². The lowest BCUT2D eigenvalue weighted by Gasteiger charge is -2.26. The SMILES string of the molecule is Cc1ccc2c(c1)Nc1c(cnn1C)CN2C(=O)c1ccc(CNC(=O)CC2CCN(Cl)CC2)c(F)c1. The Morgan fingerprint density at radius 3 is 2.73 bits per heavy atom. The van der Waals surface area contributed by atoms with E-state index in [2.05, 4.69) is 15.7 Å². The molecule has 2 aromatic carbocycles. The van der Waals surface area contributed by atoms with Crippen LogP contribution in [0.2, 0.25) is 0 Å². The van der Waals surface area contributed by atoms with E-state index >= 15 is 4.39 Å². The molecule has 3 heterocycles. The van der Waals surface area contributed by atoms with Gasteiger partial charge in [-0.15, -0.1) is 0 Å². The van der Waals surface area contributed by atoms with Gasteiger partial charge in [-0.05, 0) is 67.3 Å². The minimum absolute atomic E-state index is 0.0717. The summed E-state index contributed by atoms with van der Waals surface area (Å²) >= 11 is 5.98. The predicted octanol–water partition coefficient (Wildman–Crippen LogP) is 4.64. The standard InChI is InChI=1S/C27H30ClFN6O2/c1-17-3-6-24-23(11-17)32-26-21(15-31-33(26)2)16-35(24)27(37)19-4-5-20(22(29)13-19)14-30-25(36)12-18-7-9-34(28)10-8-18/h3-6,11,13,15,18,32H,7-10,12,14,16H2,1-2H3,(H,30,36). The summed E-state index contributed by atoms with van der Waals surface area (Å²) in [5, 5.41) is 10.5. The van der Waals surface area contributed by atoms with Gasteiger partial charge in [0.25, 0.3) is 5.91 Å². The number of benzene rings is 2. The number of amides is 2. The zero-order valence-electron chi connectivity index (χ0n) is 20.9. The summed E-state index contributed by atoms with van der Waals surface area (Å²) in [6.07, 6.45) is 3.88. The van der Waals surface area contributed by atoms with E-state index < -0.39 is 5.82 Å². The number of nitrogens with zero attached hydrogens (tertiary/aromatic N) is 4. The van der Waals surface area contributed by atoms with Crippen LogP contribution in [-0.4, -0.2) is 39.1 Å². The minimum atomic E-state index is -0.527. The molecule has 8 nitrogen and oxygen atoms in total. The molecule has 0 bridgehead atoms. The summed E-state index contributed by atoms with van der Waals surface area (Å²) in [5.41, 5.74) is 3.98. The Labute approximate surface area is 220 Å². The molecule has 0 aliphatic carbocycles. The van der Waals surface area contributed by atoms with E-state index in [0.717, 1.165) is 48.6 Å². The summed E-state index contributed by atoms with van der Waals surface area (Å²) in [6, 6.07) is 10.2. The average Bonchev–Trinajstić information content (AvgIpc) is 3.12. The molecule has 0 radical (unpaired) electrons. The van der Waals surface area contributed by atoms with Crippen molar-refractivity contribution in [1.29, 1.82) is 0 Å². The average molecular weight is 525 g/mol. The van der Waals surface area contributed by atoms with Crippen molar-refractivity contribution in [1.82, 2.24) is 19.5 Å². The number of anilines is 3. The van der Waals surface area contributed by atoms with Crippen LogP contribution in [0.3, 0.4) is 0 Å². The van der Waals surface area contributed by atoms with Crippen molar-refractivity contribution in [3.8, 4) is 0 Å². The fourth-order valence-corrected chi connectivity index (χ4v) is 5.12. The van der Waals surface area contributed by atoms with Crippen LogP contribution in [0.5, 0.6) is 0 Å². The van der Waals surface area contributed by atoms with Gasteiger partial charge in [0.15, 0.2) is 0 Å². The summed E-state index contributed by atoms with van der Waals surface area (Å²) in [4.78, 5) is 27.6. The Bertz CT molecular complexity index is 1330. The van der Waals surface area contributed by atoms with Gasteiger partial charge in [-0.3, -0.25) is 14.3 Å². The molecule has 2 aliphatic heterocycles. The van der Waals surface area contributed by atoms with Crippen LogP contribution < -0.4 is 15.5 Å². The summed E-state index contributed by atoms with van der Waals surface area (Å²) in [6.45, 7) is 3.89. The number of carbonyl (C=O) groups is 2. The maximum absolute atomic E-state index is 15.0. The van der Waals surface area contributed by atoms with E-state index in [1.807, 2.05) is 32.2 Å². The van der Waals surface area contributed by atoms with E-state index in [4.69, 9.17) is 11.8 Å². The number of carbonyl (C=O) groups excluding carboxylic acids is 2. The molecule has 0 spiro atoms. The maximum Gasteiger partial charge on any atom is 0.258 e. The first-order valence-electron chi connectivity index (χ1n) is 12.4. The Morgan fingerprint density at radius 1 is 1.19 bits per heavy atom. The highest BCUT2D eigenvalue weighted by atomic mass is 35.5. The molecule has 0 unspecified atom stereocenters. The first kappa shape index (κ1) is 25.2. The molecule has 5 rings (SSSR count). The molecule has 2 N–H and O–H groups in total. The van der Waals surface area contributed by atoms with Crippen molar-refractivity contribution in [2.24, 2.45) is 13.0 Å². The molecular formula is C27H30ClFN6O2. The highest BCUT2D eigenvalue weighted by Gasteiger charge is 2.27. The Kier molecular flexibility index (Phi) is 7.17. The number of nitrogens with one attached hydrogen (secondary N) is 2. The lowest BCUT2D eigenvalue weighted by Crippen LogP contribution is -2.31. The van der Waals surface area contributed by atoms with Crippen LogP contribution in [-0.2, 0) is 24.9 Å². The third-order valence-corrected chi connectivity index (χ3v) is 7.43. The summed E-state index contributed by atoms with van der Waals surface area (Å²) in [7, 11) is 1.84. The van der Waals surface area contributed by atoms with Crippen LogP contribution in [0, 0.1) is 18.7 Å². The third-order valence-electron chi connectivity index (χ3n) is 7.09. The number of aryl methyl sites for hydroxylation is 2. The fourth-order valence-electron chi connectivity index (χ4n) is 4.92. The smallest absolute Gasteiger partial charge is 0.258 e. The van der Waals surface area contributed by atoms with Crippen LogP contribution in [0.25, 0.3) is 0 Å². The number of halogens is 2. The summed E-state index contributed by atoms with van der Waals surface area (Å²) < 4.78 is 18.5. The maximum atomic E-state index is 15.0.